The van der Waals surface area contributed by atoms with Crippen LogP contribution in [0.5, 0.6) is 0 Å². The zero-order valence-corrected chi connectivity index (χ0v) is 19.8. The van der Waals surface area contributed by atoms with E-state index in [1.807, 2.05) is 6.07 Å². The zero-order chi connectivity index (χ0) is 25.7. The second-order valence-electron chi connectivity index (χ2n) is 8.71. The van der Waals surface area contributed by atoms with Crippen LogP contribution in [0.2, 0.25) is 0 Å². The molecule has 2 unspecified atom stereocenters. The van der Waals surface area contributed by atoms with Crippen LogP contribution in [0, 0.1) is 0 Å². The summed E-state index contributed by atoms with van der Waals surface area (Å²) >= 11 is 0. The molecular formula is C24H26B2N3O7. The Kier molecular flexibility index (Phi) is 8.32. The molecule has 0 aromatic heterocycles. The standard InChI is InChI=1S/C21H19B2N2O6.C3H7NO/c26-9-17-7-16(24-20(27)12-1-3-14-10-30-22-18(14)5-12)8-25(17)21(28)13-2-4-15-11-31-23(29)19(15)6-13;1-4-2-3-5/h1-6,9,16-17,29H,7-8,10-11H2,(H,24,27);3-4H,2H2,1H3. The Morgan fingerprint density at radius 2 is 1.94 bits per heavy atom. The van der Waals surface area contributed by atoms with Gasteiger partial charge in [0.1, 0.15) is 12.6 Å². The molecule has 10 nitrogen and oxygen atoms in total. The number of rotatable bonds is 6. The van der Waals surface area contributed by atoms with Gasteiger partial charge in [0.25, 0.3) is 11.8 Å². The number of fused-ring (bicyclic) bond motifs is 2. The van der Waals surface area contributed by atoms with Gasteiger partial charge in [-0.05, 0) is 53.7 Å². The molecule has 5 rings (SSSR count). The topological polar surface area (TPSA) is 134 Å². The van der Waals surface area contributed by atoms with Gasteiger partial charge in [-0.3, -0.25) is 9.59 Å². The van der Waals surface area contributed by atoms with Gasteiger partial charge >= 0.3 is 14.6 Å². The molecule has 0 bridgehead atoms. The average molecular weight is 490 g/mol. The summed E-state index contributed by atoms with van der Waals surface area (Å²) < 4.78 is 10.4. The molecule has 3 heterocycles. The fraction of sp³-hybridized carbons (Fsp3) is 0.333. The van der Waals surface area contributed by atoms with Crippen molar-refractivity contribution in [3.05, 3.63) is 58.7 Å². The van der Waals surface area contributed by atoms with Crippen molar-refractivity contribution < 1.29 is 33.5 Å². The van der Waals surface area contributed by atoms with Gasteiger partial charge in [-0.25, -0.2) is 0 Å². The Balaban J connectivity index is 0.000000556. The number of benzene rings is 2. The van der Waals surface area contributed by atoms with Crippen LogP contribution >= 0.6 is 0 Å². The number of carbonyl (C=O) groups excluding carboxylic acids is 4. The summed E-state index contributed by atoms with van der Waals surface area (Å²) in [5.41, 5.74) is 4.18. The fourth-order valence-electron chi connectivity index (χ4n) is 4.40. The fourth-order valence-corrected chi connectivity index (χ4v) is 4.40. The van der Waals surface area contributed by atoms with Gasteiger partial charge in [-0.1, -0.05) is 18.2 Å². The van der Waals surface area contributed by atoms with Gasteiger partial charge in [0.2, 0.25) is 0 Å². The lowest BCUT2D eigenvalue weighted by Crippen LogP contribution is -2.40. The Morgan fingerprint density at radius 1 is 1.17 bits per heavy atom. The van der Waals surface area contributed by atoms with Crippen LogP contribution in [0.1, 0.15) is 38.3 Å². The van der Waals surface area contributed by atoms with E-state index in [-0.39, 0.29) is 24.4 Å². The summed E-state index contributed by atoms with van der Waals surface area (Å²) in [4.78, 5) is 48.2. The van der Waals surface area contributed by atoms with Gasteiger partial charge in [0.15, 0.2) is 0 Å². The molecule has 0 spiro atoms. The maximum absolute atomic E-state index is 13.1. The van der Waals surface area contributed by atoms with Crippen LogP contribution in [0.15, 0.2) is 36.4 Å². The first-order valence-electron chi connectivity index (χ1n) is 11.6. The molecule has 2 aromatic rings. The van der Waals surface area contributed by atoms with Crippen molar-refractivity contribution in [3.63, 3.8) is 0 Å². The molecule has 3 aliphatic rings. The third kappa shape index (κ3) is 5.57. The third-order valence-electron chi connectivity index (χ3n) is 6.30. The number of amides is 2. The largest absolute Gasteiger partial charge is 0.491 e. The van der Waals surface area contributed by atoms with Gasteiger partial charge in [0.05, 0.1) is 25.8 Å². The Hall–Kier alpha value is -3.31. The van der Waals surface area contributed by atoms with Gasteiger partial charge in [-0.2, -0.15) is 0 Å². The summed E-state index contributed by atoms with van der Waals surface area (Å²) in [6.45, 7) is 1.49. The molecule has 2 amide bonds. The monoisotopic (exact) mass is 490 g/mol. The number of nitrogens with zero attached hydrogens (tertiary/aromatic N) is 1. The highest BCUT2D eigenvalue weighted by atomic mass is 16.5. The van der Waals surface area contributed by atoms with Crippen LogP contribution in [0.3, 0.4) is 0 Å². The van der Waals surface area contributed by atoms with E-state index >= 15 is 0 Å². The molecular weight excluding hydrogens is 464 g/mol. The van der Waals surface area contributed by atoms with E-state index < -0.39 is 13.2 Å². The highest BCUT2D eigenvalue weighted by Crippen LogP contribution is 2.21. The molecule has 2 atom stereocenters. The number of likely N-dealkylation sites (tertiary alicyclic amines) is 1. The van der Waals surface area contributed by atoms with Crippen molar-refractivity contribution in [2.45, 2.75) is 31.7 Å². The molecule has 1 saturated heterocycles. The first kappa shape index (κ1) is 25.8. The third-order valence-corrected chi connectivity index (χ3v) is 6.30. The Labute approximate surface area is 209 Å². The normalized spacial score (nSPS) is 19.5. The predicted molar refractivity (Wildman–Crippen MR) is 132 cm³/mol. The van der Waals surface area contributed by atoms with Crippen LogP contribution < -0.4 is 21.6 Å². The van der Waals surface area contributed by atoms with Crippen molar-refractivity contribution in [1.82, 2.24) is 15.5 Å². The second kappa shape index (κ2) is 11.6. The molecule has 0 saturated carbocycles. The van der Waals surface area contributed by atoms with E-state index in [1.54, 1.807) is 44.9 Å². The quantitative estimate of drug-likeness (QED) is 0.323. The SMILES string of the molecule is CNCC=O.O=CC1CC(NC(=O)c2ccc3c(c2)[B]OC3)CN1C(=O)c1ccc2c(c1)B(O)OC2. The molecule has 1 radical (unpaired) electrons. The van der Waals surface area contributed by atoms with E-state index in [0.717, 1.165) is 29.2 Å². The first-order chi connectivity index (χ1) is 17.4. The van der Waals surface area contributed by atoms with E-state index in [1.165, 1.54) is 4.90 Å². The average Bonchev–Trinajstić information content (AvgIpc) is 3.62. The van der Waals surface area contributed by atoms with Gasteiger partial charge in [-0.15, -0.1) is 0 Å². The minimum absolute atomic E-state index is 0.226. The van der Waals surface area contributed by atoms with Crippen molar-refractivity contribution in [3.8, 4) is 0 Å². The molecule has 12 heteroatoms. The number of aldehydes is 2. The minimum atomic E-state index is -1.05. The minimum Gasteiger partial charge on any atom is -0.430 e. The molecule has 2 aromatic carbocycles. The van der Waals surface area contributed by atoms with E-state index in [0.29, 0.717) is 42.8 Å². The first-order valence-corrected chi connectivity index (χ1v) is 11.6. The van der Waals surface area contributed by atoms with E-state index in [9.17, 15) is 24.2 Å². The van der Waals surface area contributed by atoms with E-state index in [4.69, 9.17) is 9.31 Å². The summed E-state index contributed by atoms with van der Waals surface area (Å²) in [6, 6.07) is 9.41. The predicted octanol–water partition coefficient (Wildman–Crippen LogP) is -1.70. The molecule has 3 aliphatic heterocycles. The maximum Gasteiger partial charge on any atom is 0.491 e. The number of hydrogen-bond acceptors (Lipinski definition) is 8. The van der Waals surface area contributed by atoms with Crippen LogP contribution in [0.25, 0.3) is 0 Å². The van der Waals surface area contributed by atoms with Gasteiger partial charge < -0.3 is 39.5 Å². The van der Waals surface area contributed by atoms with E-state index in [2.05, 4.69) is 10.6 Å². The number of nitrogens with one attached hydrogen (secondary N) is 2. The van der Waals surface area contributed by atoms with Crippen molar-refractivity contribution in [2.75, 3.05) is 20.1 Å². The highest BCUT2D eigenvalue weighted by molar-refractivity contribution is 6.61. The lowest BCUT2D eigenvalue weighted by Gasteiger charge is -2.21. The number of hydrogen-bond donors (Lipinski definition) is 3. The molecule has 185 valence electrons. The lowest BCUT2D eigenvalue weighted by molar-refractivity contribution is -0.111. The lowest BCUT2D eigenvalue weighted by atomic mass is 9.78. The Morgan fingerprint density at radius 3 is 2.67 bits per heavy atom. The summed E-state index contributed by atoms with van der Waals surface area (Å²) in [7, 11) is 2.31. The molecule has 1 fully saturated rings. The van der Waals surface area contributed by atoms with Crippen LogP contribution in [0.4, 0.5) is 0 Å². The summed E-state index contributed by atoms with van der Waals surface area (Å²) in [5.74, 6) is -0.579. The van der Waals surface area contributed by atoms with Crippen molar-refractivity contribution >= 4 is 49.9 Å². The smallest absolute Gasteiger partial charge is 0.430 e. The molecule has 0 aliphatic carbocycles. The Bertz CT molecular complexity index is 1160. The second-order valence-corrected chi connectivity index (χ2v) is 8.71. The summed E-state index contributed by atoms with van der Waals surface area (Å²) in [6.07, 6.45) is 1.90. The van der Waals surface area contributed by atoms with Crippen LogP contribution in [-0.4, -0.2) is 81.1 Å². The molecule has 3 N–H and O–H groups in total. The van der Waals surface area contributed by atoms with Crippen LogP contribution in [-0.2, 0) is 32.1 Å². The molecule has 36 heavy (non-hydrogen) atoms. The number of likely N-dealkylation sites (N-methyl/N-ethyl adjacent to an activating group) is 1. The highest BCUT2D eigenvalue weighted by Gasteiger charge is 2.37. The van der Waals surface area contributed by atoms with Crippen molar-refractivity contribution in [2.24, 2.45) is 0 Å². The summed E-state index contributed by atoms with van der Waals surface area (Å²) in [5, 5.41) is 15.5. The maximum atomic E-state index is 13.1. The number of carbonyl (C=O) groups is 4. The zero-order valence-electron chi connectivity index (χ0n) is 19.8. The van der Waals surface area contributed by atoms with Gasteiger partial charge in [0, 0.05) is 23.7 Å². The van der Waals surface area contributed by atoms with Crippen molar-refractivity contribution in [1.29, 1.82) is 0 Å².